The number of benzene rings is 2. The van der Waals surface area contributed by atoms with Gasteiger partial charge in [-0.25, -0.2) is 0 Å². The van der Waals surface area contributed by atoms with Crippen LogP contribution in [0.5, 0.6) is 11.5 Å². The number of amides is 2. The summed E-state index contributed by atoms with van der Waals surface area (Å²) in [5, 5.41) is 2.59. The largest absolute Gasteiger partial charge is 0.493 e. The van der Waals surface area contributed by atoms with Crippen molar-refractivity contribution >= 4 is 51.2 Å². The molecule has 1 aliphatic rings. The Hall–Kier alpha value is -2.97. The second-order valence-corrected chi connectivity index (χ2v) is 8.07. The lowest BCUT2D eigenvalue weighted by Crippen LogP contribution is -2.53. The summed E-state index contributed by atoms with van der Waals surface area (Å²) < 4.78 is 12.1. The highest BCUT2D eigenvalue weighted by Crippen LogP contribution is 2.38. The maximum Gasteiger partial charge on any atom is 0.265 e. The van der Waals surface area contributed by atoms with Gasteiger partial charge in [-0.3, -0.25) is 19.8 Å². The maximum absolute atomic E-state index is 12.7. The predicted octanol–water partition coefficient (Wildman–Crippen LogP) is 4.16. The number of rotatable bonds is 7. The molecule has 3 rings (SSSR count). The first-order valence-electron chi connectivity index (χ1n) is 9.39. The number of nitrogens with one attached hydrogen (secondary N) is 1. The maximum atomic E-state index is 12.7. The van der Waals surface area contributed by atoms with Crippen LogP contribution in [0.2, 0.25) is 0 Å². The molecule has 1 N–H and O–H groups in total. The Kier molecular flexibility index (Phi) is 7.25. The highest BCUT2D eigenvalue weighted by atomic mass is 79.9. The second-order valence-electron chi connectivity index (χ2n) is 6.83. The van der Waals surface area contributed by atoms with Crippen LogP contribution in [0.15, 0.2) is 59.1 Å². The lowest BCUT2D eigenvalue weighted by molar-refractivity contribution is -0.128. The van der Waals surface area contributed by atoms with Gasteiger partial charge in [0.1, 0.15) is 12.2 Å². The number of aryl methyl sites for hydroxylation is 1. The van der Waals surface area contributed by atoms with E-state index in [1.165, 1.54) is 18.1 Å². The van der Waals surface area contributed by atoms with Crippen molar-refractivity contribution in [1.82, 2.24) is 10.2 Å². The van der Waals surface area contributed by atoms with E-state index in [-0.39, 0.29) is 17.2 Å². The number of carbonyl (C=O) groups excluding carboxylic acids is 2. The number of ether oxygens (including phenoxy) is 2. The average molecular weight is 501 g/mol. The van der Waals surface area contributed by atoms with Gasteiger partial charge < -0.3 is 9.47 Å². The topological polar surface area (TPSA) is 67.9 Å². The molecule has 8 heteroatoms. The SMILES string of the molecule is C=CCN1C(=O)/C(=C/c2cc(Br)c(OCc3cccc(C)c3)c(OC)c2)C(=O)NC1=S. The Morgan fingerprint density at radius 1 is 1.26 bits per heavy atom. The Balaban J connectivity index is 1.89. The molecule has 1 heterocycles. The Labute approximate surface area is 194 Å². The van der Waals surface area contributed by atoms with Gasteiger partial charge in [0.15, 0.2) is 16.6 Å². The number of nitrogens with zero attached hydrogens (tertiary/aromatic N) is 1. The van der Waals surface area contributed by atoms with Crippen LogP contribution in [-0.2, 0) is 16.2 Å². The molecule has 6 nitrogen and oxygen atoms in total. The van der Waals surface area contributed by atoms with Crippen molar-refractivity contribution in [3.63, 3.8) is 0 Å². The van der Waals surface area contributed by atoms with Crippen LogP contribution in [-0.4, -0.2) is 35.5 Å². The zero-order valence-electron chi connectivity index (χ0n) is 17.1. The molecule has 0 aliphatic carbocycles. The molecule has 0 bridgehead atoms. The molecular weight excluding hydrogens is 480 g/mol. The summed E-state index contributed by atoms with van der Waals surface area (Å²) >= 11 is 8.58. The highest BCUT2D eigenvalue weighted by molar-refractivity contribution is 9.10. The van der Waals surface area contributed by atoms with E-state index in [0.29, 0.717) is 28.1 Å². The van der Waals surface area contributed by atoms with Crippen LogP contribution in [0.4, 0.5) is 0 Å². The quantitative estimate of drug-likeness (QED) is 0.267. The summed E-state index contributed by atoms with van der Waals surface area (Å²) in [6.45, 7) is 6.21. The summed E-state index contributed by atoms with van der Waals surface area (Å²) in [5.41, 5.74) is 2.74. The molecule has 31 heavy (non-hydrogen) atoms. The van der Waals surface area contributed by atoms with Crippen LogP contribution >= 0.6 is 28.1 Å². The van der Waals surface area contributed by atoms with E-state index >= 15 is 0 Å². The lowest BCUT2D eigenvalue weighted by atomic mass is 10.1. The van der Waals surface area contributed by atoms with Crippen LogP contribution in [0, 0.1) is 6.92 Å². The van der Waals surface area contributed by atoms with Crippen molar-refractivity contribution < 1.29 is 19.1 Å². The monoisotopic (exact) mass is 500 g/mol. The number of halogens is 1. The third-order valence-corrected chi connectivity index (χ3v) is 5.44. The molecule has 0 spiro atoms. The van der Waals surface area contributed by atoms with Crippen LogP contribution in [0.3, 0.4) is 0 Å². The third kappa shape index (κ3) is 5.21. The summed E-state index contributed by atoms with van der Waals surface area (Å²) in [6.07, 6.45) is 3.03. The summed E-state index contributed by atoms with van der Waals surface area (Å²) in [5.74, 6) is -0.0373. The molecule has 0 aromatic heterocycles. The van der Waals surface area contributed by atoms with E-state index in [4.69, 9.17) is 21.7 Å². The van der Waals surface area contributed by atoms with Crippen molar-refractivity contribution in [3.05, 3.63) is 75.8 Å². The molecule has 0 atom stereocenters. The van der Waals surface area contributed by atoms with E-state index < -0.39 is 11.8 Å². The fourth-order valence-electron chi connectivity index (χ4n) is 3.08. The molecule has 1 saturated heterocycles. The van der Waals surface area contributed by atoms with Gasteiger partial charge in [0, 0.05) is 6.54 Å². The number of hydrogen-bond acceptors (Lipinski definition) is 5. The summed E-state index contributed by atoms with van der Waals surface area (Å²) in [6, 6.07) is 11.5. The van der Waals surface area contributed by atoms with Gasteiger partial charge in [-0.15, -0.1) is 6.58 Å². The molecule has 2 amide bonds. The molecule has 1 aliphatic heterocycles. The van der Waals surface area contributed by atoms with Gasteiger partial charge in [0.2, 0.25) is 0 Å². The molecular formula is C23H21BrN2O4S. The fraction of sp³-hybridized carbons (Fsp3) is 0.174. The molecule has 0 unspecified atom stereocenters. The zero-order valence-corrected chi connectivity index (χ0v) is 19.5. The third-order valence-electron chi connectivity index (χ3n) is 4.53. The average Bonchev–Trinajstić information content (AvgIpc) is 2.73. The number of carbonyl (C=O) groups is 2. The number of methoxy groups -OCH3 is 1. The van der Waals surface area contributed by atoms with Gasteiger partial charge in [-0.2, -0.15) is 0 Å². The molecule has 1 fully saturated rings. The van der Waals surface area contributed by atoms with Crippen LogP contribution < -0.4 is 14.8 Å². The van der Waals surface area contributed by atoms with E-state index in [1.807, 2.05) is 31.2 Å². The first-order chi connectivity index (χ1) is 14.8. The first kappa shape index (κ1) is 22.7. The van der Waals surface area contributed by atoms with E-state index in [2.05, 4.69) is 27.8 Å². The minimum atomic E-state index is -0.551. The molecule has 2 aromatic rings. The van der Waals surface area contributed by atoms with E-state index in [9.17, 15) is 9.59 Å². The summed E-state index contributed by atoms with van der Waals surface area (Å²) in [7, 11) is 1.53. The van der Waals surface area contributed by atoms with Gasteiger partial charge in [-0.1, -0.05) is 35.9 Å². The Morgan fingerprint density at radius 3 is 2.71 bits per heavy atom. The second kappa shape index (κ2) is 9.89. The minimum Gasteiger partial charge on any atom is -0.493 e. The van der Waals surface area contributed by atoms with Gasteiger partial charge >= 0.3 is 0 Å². The fourth-order valence-corrected chi connectivity index (χ4v) is 3.90. The van der Waals surface area contributed by atoms with E-state index in [1.54, 1.807) is 18.2 Å². The standard InChI is InChI=1S/C23H21BrN2O4S/c1-4-8-26-22(28)17(21(27)25-23(26)31)10-16-11-18(24)20(19(12-16)29-3)30-13-15-7-5-6-14(2)9-15/h4-7,9-12H,1,8,13H2,2-3H3,(H,25,27,31)/b17-10+. The van der Waals surface area contributed by atoms with Crippen molar-refractivity contribution in [2.45, 2.75) is 13.5 Å². The highest BCUT2D eigenvalue weighted by Gasteiger charge is 2.32. The van der Waals surface area contributed by atoms with Crippen molar-refractivity contribution in [3.8, 4) is 11.5 Å². The number of thiocarbonyl (C=S) groups is 1. The minimum absolute atomic E-state index is 0.0298. The van der Waals surface area contributed by atoms with Crippen molar-refractivity contribution in [2.24, 2.45) is 0 Å². The van der Waals surface area contributed by atoms with Crippen LogP contribution in [0.1, 0.15) is 16.7 Å². The first-order valence-corrected chi connectivity index (χ1v) is 10.6. The van der Waals surface area contributed by atoms with Gasteiger partial charge in [0.25, 0.3) is 11.8 Å². The molecule has 160 valence electrons. The van der Waals surface area contributed by atoms with Crippen molar-refractivity contribution in [1.29, 1.82) is 0 Å². The Bertz CT molecular complexity index is 1100. The van der Waals surface area contributed by atoms with E-state index in [0.717, 1.165) is 11.1 Å². The molecule has 2 aromatic carbocycles. The lowest BCUT2D eigenvalue weighted by Gasteiger charge is -2.27. The van der Waals surface area contributed by atoms with Crippen molar-refractivity contribution in [2.75, 3.05) is 13.7 Å². The van der Waals surface area contributed by atoms with Crippen LogP contribution in [0.25, 0.3) is 6.08 Å². The van der Waals surface area contributed by atoms with Gasteiger partial charge in [-0.05, 0) is 64.4 Å². The molecule has 0 saturated carbocycles. The Morgan fingerprint density at radius 2 is 2.03 bits per heavy atom. The molecule has 0 radical (unpaired) electrons. The number of hydrogen-bond donors (Lipinski definition) is 1. The normalized spacial score (nSPS) is 15.1. The summed E-state index contributed by atoms with van der Waals surface area (Å²) in [4.78, 5) is 26.4. The van der Waals surface area contributed by atoms with Gasteiger partial charge in [0.05, 0.1) is 11.6 Å². The smallest absolute Gasteiger partial charge is 0.265 e. The zero-order chi connectivity index (χ0) is 22.5. The predicted molar refractivity (Wildman–Crippen MR) is 127 cm³/mol.